The molecule has 0 radical (unpaired) electrons. The predicted molar refractivity (Wildman–Crippen MR) is 110 cm³/mol. The molecule has 1 aromatic carbocycles. The Morgan fingerprint density at radius 2 is 2.14 bits per heavy atom. The molecule has 3 aromatic rings. The van der Waals surface area contributed by atoms with Crippen LogP contribution in [0.5, 0.6) is 5.75 Å². The molecule has 4 rings (SSSR count). The number of hydrogen-bond acceptors (Lipinski definition) is 5. The number of methoxy groups -OCH3 is 1. The van der Waals surface area contributed by atoms with E-state index in [1.807, 2.05) is 18.2 Å². The van der Waals surface area contributed by atoms with Crippen LogP contribution in [-0.2, 0) is 25.9 Å². The number of nitrogens with one attached hydrogen (secondary N) is 1. The van der Waals surface area contributed by atoms with Gasteiger partial charge in [-0.1, -0.05) is 18.5 Å². The highest BCUT2D eigenvalue weighted by Gasteiger charge is 2.22. The molecule has 28 heavy (non-hydrogen) atoms. The molecule has 0 fully saturated rings. The number of nitrogens with zero attached hydrogens (tertiary/aromatic N) is 3. The molecule has 0 saturated carbocycles. The minimum absolute atomic E-state index is 0.0226. The summed E-state index contributed by atoms with van der Waals surface area (Å²) in [4.78, 5) is 26.8. The van der Waals surface area contributed by atoms with E-state index in [9.17, 15) is 4.79 Å². The molecular weight excluding hydrogens is 376 g/mol. The molecule has 0 aliphatic carbocycles. The third kappa shape index (κ3) is 3.75. The molecule has 146 valence electrons. The first-order chi connectivity index (χ1) is 13.6. The van der Waals surface area contributed by atoms with Gasteiger partial charge in [-0.05, 0) is 30.7 Å². The number of aromatic amines is 1. The van der Waals surface area contributed by atoms with Crippen LogP contribution >= 0.6 is 11.6 Å². The Bertz CT molecular complexity index is 1080. The molecule has 7 heteroatoms. The number of aromatic nitrogens is 3. The molecule has 6 nitrogen and oxygen atoms in total. The third-order valence-corrected chi connectivity index (χ3v) is 5.45. The first-order valence-electron chi connectivity index (χ1n) is 9.54. The van der Waals surface area contributed by atoms with Crippen molar-refractivity contribution in [1.82, 2.24) is 19.9 Å². The van der Waals surface area contributed by atoms with Crippen molar-refractivity contribution in [3.8, 4) is 5.75 Å². The molecule has 0 amide bonds. The fraction of sp³-hybridized carbons (Fsp3) is 0.381. The van der Waals surface area contributed by atoms with E-state index in [0.29, 0.717) is 18.2 Å². The number of benzene rings is 1. The van der Waals surface area contributed by atoms with Crippen molar-refractivity contribution in [2.45, 2.75) is 39.3 Å². The Morgan fingerprint density at radius 3 is 2.93 bits per heavy atom. The van der Waals surface area contributed by atoms with Gasteiger partial charge in [0.2, 0.25) is 0 Å². The molecule has 3 heterocycles. The van der Waals surface area contributed by atoms with Gasteiger partial charge in [0.05, 0.1) is 23.9 Å². The van der Waals surface area contributed by atoms with Crippen LogP contribution in [0.15, 0.2) is 29.1 Å². The van der Waals surface area contributed by atoms with Crippen LogP contribution < -0.4 is 10.3 Å². The van der Waals surface area contributed by atoms with Gasteiger partial charge in [0.15, 0.2) is 0 Å². The van der Waals surface area contributed by atoms with Crippen LogP contribution in [0.1, 0.15) is 36.0 Å². The van der Waals surface area contributed by atoms with Crippen molar-refractivity contribution in [2.24, 2.45) is 0 Å². The Hall–Kier alpha value is -2.44. The summed E-state index contributed by atoms with van der Waals surface area (Å²) in [6.07, 6.45) is 2.53. The Labute approximate surface area is 168 Å². The summed E-state index contributed by atoms with van der Waals surface area (Å²) >= 11 is 6.43. The summed E-state index contributed by atoms with van der Waals surface area (Å²) in [5, 5.41) is 1.48. The number of aryl methyl sites for hydroxylation is 1. The van der Waals surface area contributed by atoms with E-state index in [2.05, 4.69) is 32.8 Å². The minimum atomic E-state index is -0.0226. The van der Waals surface area contributed by atoms with Crippen LogP contribution in [0, 0.1) is 0 Å². The second kappa shape index (κ2) is 7.89. The van der Waals surface area contributed by atoms with Gasteiger partial charge in [-0.3, -0.25) is 9.69 Å². The summed E-state index contributed by atoms with van der Waals surface area (Å²) < 4.78 is 5.31. The number of halogens is 1. The number of ether oxygens (including phenoxy) is 1. The zero-order chi connectivity index (χ0) is 19.7. The maximum absolute atomic E-state index is 12.5. The normalized spacial score (nSPS) is 14.2. The molecule has 0 spiro atoms. The van der Waals surface area contributed by atoms with E-state index >= 15 is 0 Å². The van der Waals surface area contributed by atoms with Crippen LogP contribution in [0.2, 0.25) is 5.15 Å². The quantitative estimate of drug-likeness (QED) is 0.666. The molecule has 1 aliphatic heterocycles. The first kappa shape index (κ1) is 18.9. The lowest BCUT2D eigenvalue weighted by molar-refractivity contribution is 0.241. The van der Waals surface area contributed by atoms with Gasteiger partial charge in [-0.15, -0.1) is 0 Å². The van der Waals surface area contributed by atoms with Gasteiger partial charge in [-0.2, -0.15) is 0 Å². The van der Waals surface area contributed by atoms with Crippen molar-refractivity contribution in [2.75, 3.05) is 13.7 Å². The van der Waals surface area contributed by atoms with Gasteiger partial charge >= 0.3 is 0 Å². The number of fused-ring (bicyclic) bond motifs is 2. The first-order valence-corrected chi connectivity index (χ1v) is 9.91. The highest BCUT2D eigenvalue weighted by Crippen LogP contribution is 2.26. The molecule has 0 unspecified atom stereocenters. The highest BCUT2D eigenvalue weighted by molar-refractivity contribution is 6.30. The molecule has 0 bridgehead atoms. The van der Waals surface area contributed by atoms with Crippen LogP contribution in [0.4, 0.5) is 0 Å². The van der Waals surface area contributed by atoms with E-state index in [1.165, 1.54) is 0 Å². The Balaban J connectivity index is 1.59. The van der Waals surface area contributed by atoms with Gasteiger partial charge < -0.3 is 9.72 Å². The molecule has 0 atom stereocenters. The highest BCUT2D eigenvalue weighted by atomic mass is 35.5. The lowest BCUT2D eigenvalue weighted by Crippen LogP contribution is -2.35. The van der Waals surface area contributed by atoms with E-state index in [-0.39, 0.29) is 5.56 Å². The lowest BCUT2D eigenvalue weighted by atomic mass is 10.1. The van der Waals surface area contributed by atoms with Crippen molar-refractivity contribution >= 4 is 22.5 Å². The zero-order valence-electron chi connectivity index (χ0n) is 16.1. The van der Waals surface area contributed by atoms with Crippen molar-refractivity contribution < 1.29 is 4.74 Å². The molecular formula is C21H23ClN4O2. The molecule has 0 saturated heterocycles. The van der Waals surface area contributed by atoms with Crippen molar-refractivity contribution in [3.05, 3.63) is 62.4 Å². The topological polar surface area (TPSA) is 71.1 Å². The summed E-state index contributed by atoms with van der Waals surface area (Å²) in [6.45, 7) is 4.12. The fourth-order valence-corrected chi connectivity index (χ4v) is 3.88. The molecule has 2 aromatic heterocycles. The van der Waals surface area contributed by atoms with Crippen molar-refractivity contribution in [3.63, 3.8) is 0 Å². The third-order valence-electron chi connectivity index (χ3n) is 5.13. The van der Waals surface area contributed by atoms with E-state index in [1.54, 1.807) is 7.11 Å². The second-order valence-electron chi connectivity index (χ2n) is 7.15. The summed E-state index contributed by atoms with van der Waals surface area (Å²) in [7, 11) is 1.65. The Morgan fingerprint density at radius 1 is 1.29 bits per heavy atom. The van der Waals surface area contributed by atoms with E-state index < -0.39 is 0 Å². The fourth-order valence-electron chi connectivity index (χ4n) is 3.68. The summed E-state index contributed by atoms with van der Waals surface area (Å²) in [5.74, 6) is 1.57. The predicted octanol–water partition coefficient (Wildman–Crippen LogP) is 3.49. The second-order valence-corrected chi connectivity index (χ2v) is 7.50. The van der Waals surface area contributed by atoms with Gasteiger partial charge in [0, 0.05) is 43.4 Å². The maximum Gasteiger partial charge on any atom is 0.255 e. The van der Waals surface area contributed by atoms with Gasteiger partial charge in [0.1, 0.15) is 16.7 Å². The van der Waals surface area contributed by atoms with Crippen LogP contribution in [-0.4, -0.2) is 33.5 Å². The van der Waals surface area contributed by atoms with Crippen LogP contribution in [0.3, 0.4) is 0 Å². The number of hydrogen-bond donors (Lipinski definition) is 1. The lowest BCUT2D eigenvalue weighted by Gasteiger charge is -2.28. The molecule has 1 N–H and O–H groups in total. The SMILES string of the molecule is CCCc1nc2c(c(=O)[nH]1)CN(Cc1cc3cc(OC)ccc3nc1Cl)CC2. The smallest absolute Gasteiger partial charge is 0.255 e. The average Bonchev–Trinajstić information content (AvgIpc) is 2.69. The largest absolute Gasteiger partial charge is 0.497 e. The van der Waals surface area contributed by atoms with Gasteiger partial charge in [-0.25, -0.2) is 9.97 Å². The summed E-state index contributed by atoms with van der Waals surface area (Å²) in [5.41, 5.74) is 3.44. The Kier molecular flexibility index (Phi) is 5.33. The van der Waals surface area contributed by atoms with Crippen LogP contribution in [0.25, 0.3) is 10.9 Å². The zero-order valence-corrected chi connectivity index (χ0v) is 16.8. The molecule has 1 aliphatic rings. The standard InChI is InChI=1S/C21H23ClN4O2/c1-3-4-19-23-18-7-8-26(12-16(18)21(27)25-19)11-14-9-13-10-15(28-2)5-6-17(13)24-20(14)22/h5-6,9-10H,3-4,7-8,11-12H2,1-2H3,(H,23,25,27). The number of rotatable bonds is 5. The van der Waals surface area contributed by atoms with E-state index in [0.717, 1.165) is 65.1 Å². The van der Waals surface area contributed by atoms with E-state index in [4.69, 9.17) is 16.3 Å². The number of H-pyrrole nitrogens is 1. The minimum Gasteiger partial charge on any atom is -0.497 e. The van der Waals surface area contributed by atoms with Gasteiger partial charge in [0.25, 0.3) is 5.56 Å². The summed E-state index contributed by atoms with van der Waals surface area (Å²) in [6, 6.07) is 7.78. The van der Waals surface area contributed by atoms with Crippen molar-refractivity contribution in [1.29, 1.82) is 0 Å². The number of pyridine rings is 1. The maximum atomic E-state index is 12.5. The average molecular weight is 399 g/mol. The monoisotopic (exact) mass is 398 g/mol.